The number of rotatable bonds is 4. The molecule has 1 heterocycles. The van der Waals surface area contributed by atoms with E-state index in [0.29, 0.717) is 11.3 Å². The predicted molar refractivity (Wildman–Crippen MR) is 102 cm³/mol. The molecule has 1 saturated carbocycles. The van der Waals surface area contributed by atoms with Gasteiger partial charge in [-0.15, -0.1) is 11.3 Å². The lowest BCUT2D eigenvalue weighted by Crippen LogP contribution is -2.28. The Labute approximate surface area is 151 Å². The van der Waals surface area contributed by atoms with Crippen LogP contribution in [0.3, 0.4) is 0 Å². The Balaban J connectivity index is 1.69. The Morgan fingerprint density at radius 3 is 2.72 bits per heavy atom. The van der Waals surface area contributed by atoms with E-state index in [2.05, 4.69) is 36.3 Å². The third-order valence-corrected chi connectivity index (χ3v) is 5.10. The number of nitrogens with zero attached hydrogens (tertiary/aromatic N) is 3. The van der Waals surface area contributed by atoms with Gasteiger partial charge in [-0.2, -0.15) is 5.10 Å². The number of nitrogens with one attached hydrogen (secondary N) is 1. The zero-order valence-corrected chi connectivity index (χ0v) is 15.5. The number of hydrazone groups is 1. The molecule has 25 heavy (non-hydrogen) atoms. The van der Waals surface area contributed by atoms with E-state index in [0.717, 1.165) is 29.2 Å². The molecule has 0 radical (unpaired) electrons. The molecule has 1 N–H and O–H groups in total. The third-order valence-electron chi connectivity index (χ3n) is 4.36. The van der Waals surface area contributed by atoms with Crippen LogP contribution in [0.2, 0.25) is 0 Å². The van der Waals surface area contributed by atoms with Crippen LogP contribution < -0.4 is 5.43 Å². The summed E-state index contributed by atoms with van der Waals surface area (Å²) in [5, 5.41) is 18.0. The van der Waals surface area contributed by atoms with Gasteiger partial charge in [0.05, 0.1) is 10.6 Å². The molecule has 7 heteroatoms. The molecule has 0 amide bonds. The summed E-state index contributed by atoms with van der Waals surface area (Å²) in [5.74, 6) is 0.649. The lowest BCUT2D eigenvalue weighted by Gasteiger charge is -2.34. The highest BCUT2D eigenvalue weighted by atomic mass is 32.1. The first-order chi connectivity index (χ1) is 11.8. The van der Waals surface area contributed by atoms with Crippen LogP contribution in [0.15, 0.2) is 34.7 Å². The first-order valence-electron chi connectivity index (χ1n) is 8.34. The van der Waals surface area contributed by atoms with Crippen LogP contribution in [0.1, 0.15) is 40.0 Å². The second-order valence-corrected chi connectivity index (χ2v) is 8.34. The van der Waals surface area contributed by atoms with Gasteiger partial charge in [-0.05, 0) is 42.7 Å². The van der Waals surface area contributed by atoms with Gasteiger partial charge in [0.1, 0.15) is 0 Å². The molecule has 2 aromatic rings. The molecule has 0 saturated heterocycles. The number of nitro groups is 1. The van der Waals surface area contributed by atoms with E-state index in [9.17, 15) is 10.1 Å². The topological polar surface area (TPSA) is 80.4 Å². The lowest BCUT2D eigenvalue weighted by molar-refractivity contribution is -0.384. The molecule has 1 aromatic carbocycles. The van der Waals surface area contributed by atoms with E-state index in [1.807, 2.05) is 5.38 Å². The average molecular weight is 358 g/mol. The first-order valence-corrected chi connectivity index (χ1v) is 9.22. The van der Waals surface area contributed by atoms with Gasteiger partial charge in [-0.25, -0.2) is 4.98 Å². The molecule has 132 valence electrons. The molecular weight excluding hydrogens is 336 g/mol. The molecule has 0 unspecified atom stereocenters. The zero-order valence-electron chi connectivity index (χ0n) is 14.7. The predicted octanol–water partition coefficient (Wildman–Crippen LogP) is 5.33. The zero-order chi connectivity index (χ0) is 18.0. The van der Waals surface area contributed by atoms with Crippen LogP contribution in [0, 0.1) is 21.4 Å². The fraction of sp³-hybridized carbons (Fsp3) is 0.444. The molecule has 1 fully saturated rings. The van der Waals surface area contributed by atoms with Crippen LogP contribution in [0.4, 0.5) is 10.8 Å². The summed E-state index contributed by atoms with van der Waals surface area (Å²) in [6, 6.07) is 6.42. The Morgan fingerprint density at radius 1 is 1.36 bits per heavy atom. The highest BCUT2D eigenvalue weighted by Gasteiger charge is 2.29. The smallest absolute Gasteiger partial charge is 0.258 e. The molecule has 0 bridgehead atoms. The average Bonchev–Trinajstić information content (AvgIpc) is 3.00. The summed E-state index contributed by atoms with van der Waals surface area (Å²) >= 11 is 1.48. The summed E-state index contributed by atoms with van der Waals surface area (Å²) in [6.07, 6.45) is 3.26. The van der Waals surface area contributed by atoms with Gasteiger partial charge in [0.15, 0.2) is 0 Å². The molecule has 1 aliphatic carbocycles. The van der Waals surface area contributed by atoms with E-state index < -0.39 is 4.92 Å². The third kappa shape index (κ3) is 4.42. The summed E-state index contributed by atoms with van der Waals surface area (Å²) in [6.45, 7) is 6.84. The van der Waals surface area contributed by atoms with E-state index in [1.54, 1.807) is 12.1 Å². The van der Waals surface area contributed by atoms with Crippen molar-refractivity contribution in [1.29, 1.82) is 0 Å². The van der Waals surface area contributed by atoms with Gasteiger partial charge in [0, 0.05) is 28.8 Å². The molecule has 1 aromatic heterocycles. The Morgan fingerprint density at radius 2 is 2.08 bits per heavy atom. The number of hydrogen-bond donors (Lipinski definition) is 1. The van der Waals surface area contributed by atoms with Crippen molar-refractivity contribution in [1.82, 2.24) is 4.98 Å². The second-order valence-electron chi connectivity index (χ2n) is 7.49. The lowest BCUT2D eigenvalue weighted by atomic mass is 9.72. The maximum atomic E-state index is 10.7. The number of anilines is 1. The van der Waals surface area contributed by atoms with Crippen LogP contribution >= 0.6 is 11.3 Å². The maximum absolute atomic E-state index is 10.7. The fourth-order valence-electron chi connectivity index (χ4n) is 3.54. The maximum Gasteiger partial charge on any atom is 0.269 e. The van der Waals surface area contributed by atoms with E-state index in [-0.39, 0.29) is 5.69 Å². The number of benzene rings is 1. The van der Waals surface area contributed by atoms with Crippen LogP contribution in [-0.2, 0) is 0 Å². The van der Waals surface area contributed by atoms with Crippen molar-refractivity contribution >= 4 is 27.9 Å². The van der Waals surface area contributed by atoms with Crippen molar-refractivity contribution in [2.24, 2.45) is 16.4 Å². The number of non-ortho nitro benzene ring substituents is 1. The molecular formula is C18H22N4O2S. The van der Waals surface area contributed by atoms with Crippen molar-refractivity contribution in [2.45, 2.75) is 40.0 Å². The van der Waals surface area contributed by atoms with Crippen molar-refractivity contribution in [3.8, 4) is 11.3 Å². The quantitative estimate of drug-likeness (QED) is 0.591. The van der Waals surface area contributed by atoms with Crippen molar-refractivity contribution in [2.75, 3.05) is 5.43 Å². The van der Waals surface area contributed by atoms with Gasteiger partial charge < -0.3 is 0 Å². The van der Waals surface area contributed by atoms with Crippen molar-refractivity contribution in [3.63, 3.8) is 0 Å². The summed E-state index contributed by atoms with van der Waals surface area (Å²) in [5.41, 5.74) is 6.30. The fourth-order valence-corrected chi connectivity index (χ4v) is 4.20. The van der Waals surface area contributed by atoms with Crippen LogP contribution in [0.5, 0.6) is 0 Å². The number of nitro benzene ring substituents is 1. The first kappa shape index (κ1) is 17.5. The van der Waals surface area contributed by atoms with E-state index >= 15 is 0 Å². The standard InChI is InChI=1S/C18H22N4O2S/c1-12-8-14(10-18(2,3)9-12)20-21-17-19-16(11-25-17)13-4-6-15(7-5-13)22(23)24/h4-7,11-12H,8-10H2,1-3H3,(H,19,21)/b20-14-/t12-/m0/s1. The van der Waals surface area contributed by atoms with Gasteiger partial charge in [-0.1, -0.05) is 20.8 Å². The minimum atomic E-state index is -0.402. The van der Waals surface area contributed by atoms with Gasteiger partial charge >= 0.3 is 0 Å². The van der Waals surface area contributed by atoms with Gasteiger partial charge in [-0.3, -0.25) is 15.5 Å². The molecule has 1 atom stereocenters. The van der Waals surface area contributed by atoms with Crippen molar-refractivity contribution < 1.29 is 4.92 Å². The normalized spacial score (nSPS) is 21.2. The SMILES string of the molecule is C[C@H]1C/C(=N/Nc2nc(-c3ccc([N+](=O)[O-])cc3)cs2)CC(C)(C)C1. The largest absolute Gasteiger partial charge is 0.269 e. The van der Waals surface area contributed by atoms with Crippen molar-refractivity contribution in [3.05, 3.63) is 39.8 Å². The molecule has 6 nitrogen and oxygen atoms in total. The number of thiazole rings is 1. The highest BCUT2D eigenvalue weighted by Crippen LogP contribution is 2.37. The van der Waals surface area contributed by atoms with Gasteiger partial charge in [0.2, 0.25) is 5.13 Å². The van der Waals surface area contributed by atoms with Crippen LogP contribution in [0.25, 0.3) is 11.3 Å². The molecule has 1 aliphatic rings. The Hall–Kier alpha value is -2.28. The highest BCUT2D eigenvalue weighted by molar-refractivity contribution is 7.14. The van der Waals surface area contributed by atoms with E-state index in [4.69, 9.17) is 0 Å². The minimum absolute atomic E-state index is 0.0813. The number of hydrogen-bond acceptors (Lipinski definition) is 6. The van der Waals surface area contributed by atoms with E-state index in [1.165, 1.54) is 35.6 Å². The van der Waals surface area contributed by atoms with Gasteiger partial charge in [0.25, 0.3) is 5.69 Å². The number of aromatic nitrogens is 1. The Bertz CT molecular complexity index is 796. The second kappa shape index (κ2) is 6.92. The monoisotopic (exact) mass is 358 g/mol. The minimum Gasteiger partial charge on any atom is -0.258 e. The Kier molecular flexibility index (Phi) is 4.85. The summed E-state index contributed by atoms with van der Waals surface area (Å²) in [7, 11) is 0. The molecule has 0 spiro atoms. The summed E-state index contributed by atoms with van der Waals surface area (Å²) in [4.78, 5) is 14.8. The summed E-state index contributed by atoms with van der Waals surface area (Å²) < 4.78 is 0. The van der Waals surface area contributed by atoms with Crippen LogP contribution in [-0.4, -0.2) is 15.6 Å². The molecule has 0 aliphatic heterocycles. The molecule has 3 rings (SSSR count).